The highest BCUT2D eigenvalue weighted by molar-refractivity contribution is 5.85. The fraction of sp³-hybridized carbons (Fsp3) is 0.200. The van der Waals surface area contributed by atoms with Crippen molar-refractivity contribution in [2.75, 3.05) is 14.2 Å². The summed E-state index contributed by atoms with van der Waals surface area (Å²) < 4.78 is 18.5. The number of para-hydroxylation sites is 1. The van der Waals surface area contributed by atoms with Gasteiger partial charge in [-0.15, -0.1) is 0 Å². The molecule has 6 heteroatoms. The molecule has 0 saturated carbocycles. The van der Waals surface area contributed by atoms with E-state index in [0.29, 0.717) is 24.0 Å². The molecule has 0 fully saturated rings. The minimum absolute atomic E-state index is 0.376. The van der Waals surface area contributed by atoms with Gasteiger partial charge in [0.25, 0.3) is 0 Å². The molecule has 0 atom stereocenters. The van der Waals surface area contributed by atoms with E-state index >= 15 is 0 Å². The van der Waals surface area contributed by atoms with Crippen LogP contribution in [0.1, 0.15) is 11.3 Å². The lowest BCUT2D eigenvalue weighted by molar-refractivity contribution is 0.296. The number of methoxy groups -OCH3 is 2. The molecule has 0 amide bonds. The smallest absolute Gasteiger partial charge is 0.225 e. The Morgan fingerprint density at radius 1 is 0.962 bits per heavy atom. The first-order valence-electron chi connectivity index (χ1n) is 8.28. The molecule has 4 rings (SSSR count). The summed E-state index contributed by atoms with van der Waals surface area (Å²) >= 11 is 0. The Kier molecular flexibility index (Phi) is 4.08. The van der Waals surface area contributed by atoms with Crippen molar-refractivity contribution in [3.63, 3.8) is 0 Å². The van der Waals surface area contributed by atoms with Crippen molar-refractivity contribution in [3.05, 3.63) is 59.8 Å². The third-order valence-corrected chi connectivity index (χ3v) is 4.21. The quantitative estimate of drug-likeness (QED) is 0.549. The van der Waals surface area contributed by atoms with Crippen LogP contribution in [0, 0.1) is 6.92 Å². The molecule has 2 heterocycles. The van der Waals surface area contributed by atoms with Crippen molar-refractivity contribution >= 4 is 16.6 Å². The zero-order valence-corrected chi connectivity index (χ0v) is 14.9. The van der Waals surface area contributed by atoms with Gasteiger partial charge < -0.3 is 14.2 Å². The molecule has 0 bridgehead atoms. The van der Waals surface area contributed by atoms with Gasteiger partial charge in [0.05, 0.1) is 30.8 Å². The Bertz CT molecular complexity index is 1090. The van der Waals surface area contributed by atoms with Crippen LogP contribution < -0.4 is 14.2 Å². The molecular weight excluding hydrogens is 330 g/mol. The van der Waals surface area contributed by atoms with Crippen molar-refractivity contribution in [2.45, 2.75) is 13.5 Å². The molecule has 132 valence electrons. The number of benzene rings is 2. The second-order valence-corrected chi connectivity index (χ2v) is 5.97. The molecule has 0 spiro atoms. The summed E-state index contributed by atoms with van der Waals surface area (Å²) in [5.74, 6) is 1.95. The molecule has 0 N–H and O–H groups in total. The average Bonchev–Trinajstić information content (AvgIpc) is 3.06. The summed E-state index contributed by atoms with van der Waals surface area (Å²) in [6.07, 6.45) is 0. The molecule has 2 aromatic carbocycles. The van der Waals surface area contributed by atoms with Crippen LogP contribution in [0.3, 0.4) is 0 Å². The van der Waals surface area contributed by atoms with Crippen molar-refractivity contribution in [2.24, 2.45) is 0 Å². The Hall–Kier alpha value is -3.28. The summed E-state index contributed by atoms with van der Waals surface area (Å²) in [5, 5.41) is 5.43. The summed E-state index contributed by atoms with van der Waals surface area (Å²) in [6.45, 7) is 2.33. The summed E-state index contributed by atoms with van der Waals surface area (Å²) in [5.41, 5.74) is 3.62. The molecule has 0 aliphatic heterocycles. The van der Waals surface area contributed by atoms with E-state index in [1.807, 2.05) is 60.0 Å². The Morgan fingerprint density at radius 2 is 1.77 bits per heavy atom. The van der Waals surface area contributed by atoms with Crippen molar-refractivity contribution in [1.82, 2.24) is 14.6 Å². The maximum atomic E-state index is 6.05. The number of fused-ring (bicyclic) bond motifs is 3. The molecular formula is C20H19N3O3. The van der Waals surface area contributed by atoms with E-state index in [0.717, 1.165) is 27.8 Å². The van der Waals surface area contributed by atoms with Crippen LogP contribution in [0.2, 0.25) is 0 Å². The van der Waals surface area contributed by atoms with Gasteiger partial charge in [-0.2, -0.15) is 10.1 Å². The molecule has 2 aromatic heterocycles. The SMILES string of the molecule is COc1ccc(COc2nc3cc(C)nn3c3ccccc23)cc1OC. The lowest BCUT2D eigenvalue weighted by atomic mass is 10.2. The van der Waals surface area contributed by atoms with Crippen LogP contribution in [0.15, 0.2) is 48.5 Å². The van der Waals surface area contributed by atoms with E-state index in [1.54, 1.807) is 14.2 Å². The van der Waals surface area contributed by atoms with Gasteiger partial charge in [0.2, 0.25) is 5.88 Å². The van der Waals surface area contributed by atoms with Crippen LogP contribution >= 0.6 is 0 Å². The fourth-order valence-electron chi connectivity index (χ4n) is 2.98. The Balaban J connectivity index is 1.70. The predicted octanol–water partition coefficient (Wildman–Crippen LogP) is 3.79. The largest absolute Gasteiger partial charge is 0.493 e. The number of rotatable bonds is 5. The highest BCUT2D eigenvalue weighted by Crippen LogP contribution is 2.29. The zero-order chi connectivity index (χ0) is 18.1. The standard InChI is InChI=1S/C20H19N3O3/c1-13-10-19-21-20(15-6-4-5-7-16(15)23(19)22-13)26-12-14-8-9-17(24-2)18(11-14)25-3/h4-11H,12H2,1-3H3. The van der Waals surface area contributed by atoms with E-state index in [-0.39, 0.29) is 0 Å². The van der Waals surface area contributed by atoms with Crippen molar-refractivity contribution < 1.29 is 14.2 Å². The monoisotopic (exact) mass is 349 g/mol. The van der Waals surface area contributed by atoms with Crippen LogP contribution in [-0.4, -0.2) is 28.8 Å². The number of nitrogens with zero attached hydrogens (tertiary/aromatic N) is 3. The first-order valence-corrected chi connectivity index (χ1v) is 8.28. The van der Waals surface area contributed by atoms with Gasteiger partial charge >= 0.3 is 0 Å². The molecule has 0 saturated heterocycles. The maximum absolute atomic E-state index is 6.05. The summed E-state index contributed by atoms with van der Waals surface area (Å²) in [4.78, 5) is 4.64. The first-order chi connectivity index (χ1) is 12.7. The van der Waals surface area contributed by atoms with Gasteiger partial charge in [-0.1, -0.05) is 18.2 Å². The van der Waals surface area contributed by atoms with Crippen LogP contribution in [0.25, 0.3) is 16.6 Å². The van der Waals surface area contributed by atoms with Gasteiger partial charge in [-0.3, -0.25) is 0 Å². The van der Waals surface area contributed by atoms with Gasteiger partial charge in [0.1, 0.15) is 6.61 Å². The number of hydrogen-bond donors (Lipinski definition) is 0. The fourth-order valence-corrected chi connectivity index (χ4v) is 2.98. The summed E-state index contributed by atoms with van der Waals surface area (Å²) in [6, 6.07) is 15.6. The third-order valence-electron chi connectivity index (χ3n) is 4.21. The first kappa shape index (κ1) is 16.2. The van der Waals surface area contributed by atoms with Gasteiger partial charge in [-0.25, -0.2) is 4.52 Å². The lowest BCUT2D eigenvalue weighted by Crippen LogP contribution is -2.02. The molecule has 0 aliphatic carbocycles. The van der Waals surface area contributed by atoms with Crippen LogP contribution in [-0.2, 0) is 6.61 Å². The second-order valence-electron chi connectivity index (χ2n) is 5.97. The van der Waals surface area contributed by atoms with Crippen LogP contribution in [0.4, 0.5) is 0 Å². The van der Waals surface area contributed by atoms with Crippen LogP contribution in [0.5, 0.6) is 17.4 Å². The van der Waals surface area contributed by atoms with Gasteiger partial charge in [-0.05, 0) is 36.8 Å². The molecule has 0 aliphatic rings. The maximum Gasteiger partial charge on any atom is 0.225 e. The normalized spacial score (nSPS) is 11.0. The van der Waals surface area contributed by atoms with Gasteiger partial charge in [0.15, 0.2) is 17.1 Å². The van der Waals surface area contributed by atoms with Crippen molar-refractivity contribution in [3.8, 4) is 17.4 Å². The predicted molar refractivity (Wildman–Crippen MR) is 99.1 cm³/mol. The Morgan fingerprint density at radius 3 is 2.58 bits per heavy atom. The molecule has 0 unspecified atom stereocenters. The van der Waals surface area contributed by atoms with Crippen molar-refractivity contribution in [1.29, 1.82) is 0 Å². The second kappa shape index (κ2) is 6.55. The zero-order valence-electron chi connectivity index (χ0n) is 14.9. The van der Waals surface area contributed by atoms with E-state index in [2.05, 4.69) is 10.1 Å². The number of aryl methyl sites for hydroxylation is 1. The number of hydrogen-bond acceptors (Lipinski definition) is 5. The number of aromatic nitrogens is 3. The van der Waals surface area contributed by atoms with E-state index < -0.39 is 0 Å². The van der Waals surface area contributed by atoms with E-state index in [1.165, 1.54) is 0 Å². The minimum atomic E-state index is 0.376. The summed E-state index contributed by atoms with van der Waals surface area (Å²) in [7, 11) is 3.24. The third kappa shape index (κ3) is 2.79. The molecule has 26 heavy (non-hydrogen) atoms. The highest BCUT2D eigenvalue weighted by atomic mass is 16.5. The number of ether oxygens (including phenoxy) is 3. The topological polar surface area (TPSA) is 57.9 Å². The lowest BCUT2D eigenvalue weighted by Gasteiger charge is -2.12. The van der Waals surface area contributed by atoms with E-state index in [9.17, 15) is 0 Å². The molecule has 6 nitrogen and oxygen atoms in total. The molecule has 4 aromatic rings. The van der Waals surface area contributed by atoms with Gasteiger partial charge in [0, 0.05) is 6.07 Å². The molecule has 0 radical (unpaired) electrons. The minimum Gasteiger partial charge on any atom is -0.493 e. The Labute approximate surface area is 150 Å². The van der Waals surface area contributed by atoms with E-state index in [4.69, 9.17) is 14.2 Å². The highest BCUT2D eigenvalue weighted by Gasteiger charge is 2.12. The average molecular weight is 349 g/mol.